The summed E-state index contributed by atoms with van der Waals surface area (Å²) in [6.45, 7) is 9.24. The molecule has 0 aliphatic heterocycles. The first-order valence-corrected chi connectivity index (χ1v) is 8.80. The lowest BCUT2D eigenvalue weighted by atomic mass is 10.3. The van der Waals surface area contributed by atoms with Gasteiger partial charge in [-0.2, -0.15) is 4.31 Å². The monoisotopic (exact) mass is 313 g/mol. The maximum Gasteiger partial charge on any atom is 0.243 e. The van der Waals surface area contributed by atoms with Gasteiger partial charge < -0.3 is 11.1 Å². The van der Waals surface area contributed by atoms with Crippen molar-refractivity contribution in [2.45, 2.75) is 51.1 Å². The van der Waals surface area contributed by atoms with Crippen LogP contribution in [0.2, 0.25) is 0 Å². The molecule has 0 bridgehead atoms. The zero-order valence-corrected chi connectivity index (χ0v) is 14.2. The van der Waals surface area contributed by atoms with Crippen molar-refractivity contribution in [2.24, 2.45) is 0 Å². The van der Waals surface area contributed by atoms with Crippen molar-refractivity contribution in [3.63, 3.8) is 0 Å². The maximum atomic E-state index is 12.7. The lowest BCUT2D eigenvalue weighted by Gasteiger charge is -2.26. The highest BCUT2D eigenvalue weighted by Gasteiger charge is 2.26. The zero-order valence-electron chi connectivity index (χ0n) is 13.3. The summed E-state index contributed by atoms with van der Waals surface area (Å²) in [5, 5.41) is 3.30. The molecule has 0 aromatic heterocycles. The molecule has 5 nitrogen and oxygen atoms in total. The Hall–Kier alpha value is -1.11. The second-order valence-corrected chi connectivity index (χ2v) is 7.63. The van der Waals surface area contributed by atoms with Gasteiger partial charge in [0.1, 0.15) is 0 Å². The molecule has 0 saturated heterocycles. The third-order valence-corrected chi connectivity index (χ3v) is 5.26. The number of benzene rings is 1. The molecule has 3 N–H and O–H groups in total. The molecule has 0 atom stereocenters. The number of hydrogen-bond donors (Lipinski definition) is 2. The highest BCUT2D eigenvalue weighted by Crippen LogP contribution is 2.19. The number of nitrogens with zero attached hydrogens (tertiary/aromatic N) is 1. The molecular formula is C15H27N3O2S. The zero-order chi connectivity index (χ0) is 16.0. The van der Waals surface area contributed by atoms with Gasteiger partial charge in [0.2, 0.25) is 10.0 Å². The van der Waals surface area contributed by atoms with Gasteiger partial charge >= 0.3 is 0 Å². The predicted molar refractivity (Wildman–Crippen MR) is 87.6 cm³/mol. The van der Waals surface area contributed by atoms with Crippen molar-refractivity contribution in [1.82, 2.24) is 9.62 Å². The lowest BCUT2D eigenvalue weighted by Crippen LogP contribution is -2.39. The van der Waals surface area contributed by atoms with E-state index in [2.05, 4.69) is 19.2 Å². The Bertz CT molecular complexity index is 524. The van der Waals surface area contributed by atoms with Crippen LogP contribution in [0.5, 0.6) is 0 Å². The summed E-state index contributed by atoms with van der Waals surface area (Å²) in [6, 6.07) is 6.69. The first kappa shape index (κ1) is 17.9. The quantitative estimate of drug-likeness (QED) is 0.569. The van der Waals surface area contributed by atoms with Gasteiger partial charge in [0.25, 0.3) is 0 Å². The molecule has 0 heterocycles. The molecule has 0 unspecified atom stereocenters. The molecular weight excluding hydrogens is 286 g/mol. The summed E-state index contributed by atoms with van der Waals surface area (Å²) in [5.41, 5.74) is 6.18. The number of anilines is 1. The Balaban J connectivity index is 2.81. The summed E-state index contributed by atoms with van der Waals surface area (Å²) in [5.74, 6) is 0. The van der Waals surface area contributed by atoms with E-state index in [-0.39, 0.29) is 6.04 Å². The van der Waals surface area contributed by atoms with Crippen LogP contribution in [0.3, 0.4) is 0 Å². The second kappa shape index (κ2) is 7.77. The number of sulfonamides is 1. The largest absolute Gasteiger partial charge is 0.399 e. The maximum absolute atomic E-state index is 12.7. The third kappa shape index (κ3) is 5.30. The van der Waals surface area contributed by atoms with Gasteiger partial charge in [-0.1, -0.05) is 13.8 Å². The Labute approximate surface area is 128 Å². The van der Waals surface area contributed by atoms with Gasteiger partial charge in [-0.05, 0) is 51.1 Å². The van der Waals surface area contributed by atoms with Crippen LogP contribution in [0.15, 0.2) is 29.2 Å². The fourth-order valence-corrected chi connectivity index (χ4v) is 3.73. The first-order chi connectivity index (χ1) is 9.75. The topological polar surface area (TPSA) is 75.4 Å². The van der Waals surface area contributed by atoms with Gasteiger partial charge in [0, 0.05) is 24.3 Å². The molecule has 1 aromatic carbocycles. The van der Waals surface area contributed by atoms with Crippen LogP contribution in [0.4, 0.5) is 5.69 Å². The normalized spacial score (nSPS) is 12.5. The smallest absolute Gasteiger partial charge is 0.243 e. The van der Waals surface area contributed by atoms with E-state index in [1.807, 2.05) is 13.8 Å². The molecule has 21 heavy (non-hydrogen) atoms. The van der Waals surface area contributed by atoms with Crippen molar-refractivity contribution >= 4 is 15.7 Å². The summed E-state index contributed by atoms with van der Waals surface area (Å²) in [4.78, 5) is 0.294. The highest BCUT2D eigenvalue weighted by molar-refractivity contribution is 7.89. The minimum atomic E-state index is -3.47. The van der Waals surface area contributed by atoms with Crippen molar-refractivity contribution in [2.75, 3.05) is 18.8 Å². The summed E-state index contributed by atoms with van der Waals surface area (Å²) in [7, 11) is -3.47. The standard InChI is InChI=1S/C15H27N3O2S/c1-12(2)17-10-5-11-18(13(3)4)21(19,20)15-8-6-14(16)7-9-15/h6-9,12-13,17H,5,10-11,16H2,1-4H3. The van der Waals surface area contributed by atoms with E-state index < -0.39 is 10.0 Å². The summed E-state index contributed by atoms with van der Waals surface area (Å²) in [6.07, 6.45) is 0.782. The number of rotatable bonds is 8. The molecule has 6 heteroatoms. The Morgan fingerprint density at radius 3 is 2.19 bits per heavy atom. The fourth-order valence-electron chi connectivity index (χ4n) is 2.06. The van der Waals surface area contributed by atoms with Crippen LogP contribution in [0, 0.1) is 0 Å². The Morgan fingerprint density at radius 2 is 1.71 bits per heavy atom. The van der Waals surface area contributed by atoms with E-state index in [1.54, 1.807) is 28.6 Å². The minimum absolute atomic E-state index is 0.0772. The second-order valence-electron chi connectivity index (χ2n) is 5.74. The first-order valence-electron chi connectivity index (χ1n) is 7.36. The van der Waals surface area contributed by atoms with E-state index in [0.717, 1.165) is 13.0 Å². The van der Waals surface area contributed by atoms with E-state index in [1.165, 1.54) is 0 Å². The highest BCUT2D eigenvalue weighted by atomic mass is 32.2. The Kier molecular flexibility index (Phi) is 6.64. The van der Waals surface area contributed by atoms with E-state index in [4.69, 9.17) is 5.73 Å². The van der Waals surface area contributed by atoms with Crippen molar-refractivity contribution in [1.29, 1.82) is 0 Å². The van der Waals surface area contributed by atoms with Gasteiger partial charge in [0.15, 0.2) is 0 Å². The Morgan fingerprint density at radius 1 is 1.14 bits per heavy atom. The molecule has 0 amide bonds. The van der Waals surface area contributed by atoms with Crippen molar-refractivity contribution < 1.29 is 8.42 Å². The average Bonchev–Trinajstić information content (AvgIpc) is 2.37. The van der Waals surface area contributed by atoms with Crippen LogP contribution in [0.1, 0.15) is 34.1 Å². The number of nitrogens with two attached hydrogens (primary N) is 1. The van der Waals surface area contributed by atoms with Crippen LogP contribution >= 0.6 is 0 Å². The molecule has 0 radical (unpaired) electrons. The number of hydrogen-bond acceptors (Lipinski definition) is 4. The van der Waals surface area contributed by atoms with Crippen LogP contribution in [-0.2, 0) is 10.0 Å². The minimum Gasteiger partial charge on any atom is -0.399 e. The van der Waals surface area contributed by atoms with Gasteiger partial charge in [-0.15, -0.1) is 0 Å². The van der Waals surface area contributed by atoms with E-state index in [0.29, 0.717) is 23.2 Å². The molecule has 0 fully saturated rings. The van der Waals surface area contributed by atoms with Gasteiger partial charge in [-0.3, -0.25) is 0 Å². The van der Waals surface area contributed by atoms with Gasteiger partial charge in [-0.25, -0.2) is 8.42 Å². The summed E-state index contributed by atoms with van der Waals surface area (Å²) < 4.78 is 26.9. The SMILES string of the molecule is CC(C)NCCCN(C(C)C)S(=O)(=O)c1ccc(N)cc1. The van der Waals surface area contributed by atoms with Crippen molar-refractivity contribution in [3.05, 3.63) is 24.3 Å². The fraction of sp³-hybridized carbons (Fsp3) is 0.600. The van der Waals surface area contributed by atoms with Crippen LogP contribution in [0.25, 0.3) is 0 Å². The van der Waals surface area contributed by atoms with Crippen LogP contribution < -0.4 is 11.1 Å². The summed E-state index contributed by atoms with van der Waals surface area (Å²) >= 11 is 0. The third-order valence-electron chi connectivity index (χ3n) is 3.17. The van der Waals surface area contributed by atoms with Crippen LogP contribution in [-0.4, -0.2) is 37.9 Å². The molecule has 1 rings (SSSR count). The number of nitrogen functional groups attached to an aromatic ring is 1. The average molecular weight is 313 g/mol. The van der Waals surface area contributed by atoms with E-state index in [9.17, 15) is 8.42 Å². The number of nitrogens with one attached hydrogen (secondary N) is 1. The molecule has 0 aliphatic rings. The molecule has 0 saturated carbocycles. The predicted octanol–water partition coefficient (Wildman–Crippen LogP) is 2.06. The molecule has 0 aliphatic carbocycles. The lowest BCUT2D eigenvalue weighted by molar-refractivity contribution is 0.345. The molecule has 0 spiro atoms. The van der Waals surface area contributed by atoms with E-state index >= 15 is 0 Å². The van der Waals surface area contributed by atoms with Crippen molar-refractivity contribution in [3.8, 4) is 0 Å². The molecule has 1 aromatic rings. The van der Waals surface area contributed by atoms with Gasteiger partial charge in [0.05, 0.1) is 4.90 Å². The molecule has 120 valence electrons.